The van der Waals surface area contributed by atoms with Gasteiger partial charge in [-0.2, -0.15) is 0 Å². The van der Waals surface area contributed by atoms with Gasteiger partial charge in [-0.05, 0) is 80.1 Å². The van der Waals surface area contributed by atoms with Crippen molar-refractivity contribution in [1.29, 1.82) is 0 Å². The quantitative estimate of drug-likeness (QED) is 0.283. The first kappa shape index (κ1) is 26.0. The van der Waals surface area contributed by atoms with Crippen LogP contribution in [-0.2, 0) is 14.4 Å². The van der Waals surface area contributed by atoms with Crippen LogP contribution in [0.2, 0.25) is 0 Å². The Balaban J connectivity index is 1.46. The monoisotopic (exact) mass is 488 g/mol. The molecule has 0 aromatic heterocycles. The van der Waals surface area contributed by atoms with Crippen LogP contribution in [-0.4, -0.2) is 36.6 Å². The van der Waals surface area contributed by atoms with Crippen molar-refractivity contribution in [1.82, 2.24) is 0 Å². The van der Waals surface area contributed by atoms with Crippen molar-refractivity contribution in [3.63, 3.8) is 0 Å². The third-order valence-electron chi connectivity index (χ3n) is 4.87. The third kappa shape index (κ3) is 7.98. The molecule has 0 spiro atoms. The van der Waals surface area contributed by atoms with E-state index in [0.717, 1.165) is 11.3 Å². The van der Waals surface area contributed by atoms with E-state index >= 15 is 0 Å². The summed E-state index contributed by atoms with van der Waals surface area (Å²) in [4.78, 5) is 40.9. The van der Waals surface area contributed by atoms with E-state index in [0.29, 0.717) is 34.9 Å². The molecule has 0 unspecified atom stereocenters. The summed E-state index contributed by atoms with van der Waals surface area (Å²) in [5.74, 6) is -0.0727. The number of nitrogens with zero attached hydrogens (tertiary/aromatic N) is 1. The molecule has 9 nitrogen and oxygen atoms in total. The molecular weight excluding hydrogens is 460 g/mol. The number of carbonyl (C=O) groups is 3. The molecule has 3 aromatic rings. The lowest BCUT2D eigenvalue weighted by atomic mass is 10.1. The molecule has 3 rings (SSSR count). The summed E-state index contributed by atoms with van der Waals surface area (Å²) < 4.78 is 5.39. The van der Waals surface area contributed by atoms with E-state index in [1.807, 2.05) is 6.92 Å². The zero-order chi connectivity index (χ0) is 25.9. The van der Waals surface area contributed by atoms with Gasteiger partial charge in [-0.3, -0.25) is 14.4 Å². The molecule has 0 saturated carbocycles. The van der Waals surface area contributed by atoms with Crippen molar-refractivity contribution in [2.24, 2.45) is 5.16 Å². The summed E-state index contributed by atoms with van der Waals surface area (Å²) in [5.41, 5.74) is 3.68. The van der Waals surface area contributed by atoms with E-state index in [1.54, 1.807) is 79.7 Å². The molecule has 3 amide bonds. The number of ether oxygens (including phenoxy) is 1. The highest BCUT2D eigenvalue weighted by atomic mass is 16.6. The van der Waals surface area contributed by atoms with Gasteiger partial charge in [0.25, 0.3) is 11.8 Å². The van der Waals surface area contributed by atoms with Crippen LogP contribution < -0.4 is 20.7 Å². The second-order valence-electron chi connectivity index (χ2n) is 7.75. The van der Waals surface area contributed by atoms with Crippen LogP contribution >= 0.6 is 0 Å². The van der Waals surface area contributed by atoms with Gasteiger partial charge < -0.3 is 25.5 Å². The fourth-order valence-electron chi connectivity index (χ4n) is 3.14. The average Bonchev–Trinajstić information content (AvgIpc) is 2.86. The largest absolute Gasteiger partial charge is 0.494 e. The molecule has 0 bridgehead atoms. The van der Waals surface area contributed by atoms with Crippen LogP contribution in [0.25, 0.3) is 0 Å². The van der Waals surface area contributed by atoms with E-state index in [-0.39, 0.29) is 24.3 Å². The molecule has 0 heterocycles. The van der Waals surface area contributed by atoms with E-state index in [4.69, 9.17) is 9.57 Å². The summed E-state index contributed by atoms with van der Waals surface area (Å²) in [6, 6.07) is 20.7. The maximum atomic E-state index is 12.5. The number of nitrogens with one attached hydrogen (secondary N) is 3. The van der Waals surface area contributed by atoms with Crippen molar-refractivity contribution in [3.05, 3.63) is 83.9 Å². The van der Waals surface area contributed by atoms with Gasteiger partial charge in [0.05, 0.1) is 12.3 Å². The van der Waals surface area contributed by atoms with Crippen LogP contribution in [0.15, 0.2) is 78.0 Å². The molecule has 0 saturated heterocycles. The minimum atomic E-state index is -0.390. The Kier molecular flexibility index (Phi) is 9.16. The number of carbonyl (C=O) groups excluding carboxylic acids is 3. The van der Waals surface area contributed by atoms with Crippen molar-refractivity contribution in [2.75, 3.05) is 29.2 Å². The SMILES string of the molecule is CCOc1ccc(NC(=O)c2ccc(NC(=O)CO/N=C(\C)c3ccc(NC(C)=O)cc3)cc2)cc1. The van der Waals surface area contributed by atoms with Crippen LogP contribution in [0.5, 0.6) is 5.75 Å². The van der Waals surface area contributed by atoms with Crippen molar-refractivity contribution >= 4 is 40.5 Å². The number of hydrogen-bond donors (Lipinski definition) is 3. The molecule has 0 radical (unpaired) electrons. The highest BCUT2D eigenvalue weighted by molar-refractivity contribution is 6.04. The first-order chi connectivity index (χ1) is 17.3. The first-order valence-electron chi connectivity index (χ1n) is 11.3. The van der Waals surface area contributed by atoms with Crippen molar-refractivity contribution in [2.45, 2.75) is 20.8 Å². The highest BCUT2D eigenvalue weighted by Crippen LogP contribution is 2.17. The van der Waals surface area contributed by atoms with E-state index in [2.05, 4.69) is 21.1 Å². The van der Waals surface area contributed by atoms with Crippen LogP contribution in [0.3, 0.4) is 0 Å². The number of oxime groups is 1. The third-order valence-corrected chi connectivity index (χ3v) is 4.87. The smallest absolute Gasteiger partial charge is 0.265 e. The lowest BCUT2D eigenvalue weighted by molar-refractivity contribution is -0.120. The Morgan fingerprint density at radius 1 is 0.722 bits per heavy atom. The Morgan fingerprint density at radius 2 is 1.25 bits per heavy atom. The predicted octanol–water partition coefficient (Wildman–Crippen LogP) is 4.68. The number of anilines is 3. The fraction of sp³-hybridized carbons (Fsp3) is 0.185. The molecule has 3 N–H and O–H groups in total. The van der Waals surface area contributed by atoms with Gasteiger partial charge in [0.2, 0.25) is 5.91 Å². The normalized spacial score (nSPS) is 10.8. The maximum Gasteiger partial charge on any atom is 0.265 e. The lowest BCUT2D eigenvalue weighted by Gasteiger charge is -2.09. The van der Waals surface area contributed by atoms with Gasteiger partial charge in [0, 0.05) is 29.5 Å². The summed E-state index contributed by atoms with van der Waals surface area (Å²) in [7, 11) is 0. The van der Waals surface area contributed by atoms with Gasteiger partial charge in [-0.25, -0.2) is 0 Å². The molecule has 36 heavy (non-hydrogen) atoms. The van der Waals surface area contributed by atoms with Gasteiger partial charge in [-0.1, -0.05) is 17.3 Å². The van der Waals surface area contributed by atoms with Gasteiger partial charge in [0.15, 0.2) is 6.61 Å². The molecule has 0 aliphatic carbocycles. The van der Waals surface area contributed by atoms with Crippen LogP contribution in [0, 0.1) is 0 Å². The topological polar surface area (TPSA) is 118 Å². The number of hydrogen-bond acceptors (Lipinski definition) is 6. The highest BCUT2D eigenvalue weighted by Gasteiger charge is 2.08. The van der Waals surface area contributed by atoms with Gasteiger partial charge >= 0.3 is 0 Å². The van der Waals surface area contributed by atoms with E-state index < -0.39 is 0 Å². The van der Waals surface area contributed by atoms with Crippen LogP contribution in [0.4, 0.5) is 17.1 Å². The zero-order valence-electron chi connectivity index (χ0n) is 20.3. The Bertz CT molecular complexity index is 1220. The number of rotatable bonds is 10. The lowest BCUT2D eigenvalue weighted by Crippen LogP contribution is -2.17. The molecule has 0 fully saturated rings. The summed E-state index contributed by atoms with van der Waals surface area (Å²) >= 11 is 0. The van der Waals surface area contributed by atoms with Crippen molar-refractivity contribution < 1.29 is 24.0 Å². The minimum absolute atomic E-state index is 0.149. The summed E-state index contributed by atoms with van der Waals surface area (Å²) in [5, 5.41) is 12.2. The molecule has 9 heteroatoms. The number of benzene rings is 3. The first-order valence-corrected chi connectivity index (χ1v) is 11.3. The molecule has 0 aliphatic rings. The molecule has 0 aliphatic heterocycles. The summed E-state index contributed by atoms with van der Waals surface area (Å²) in [6.45, 7) is 5.39. The Morgan fingerprint density at radius 3 is 1.83 bits per heavy atom. The Hall–Kier alpha value is -4.66. The maximum absolute atomic E-state index is 12.5. The predicted molar refractivity (Wildman–Crippen MR) is 140 cm³/mol. The standard InChI is InChI=1S/C27H28N4O5/c1-4-35-25-15-13-24(14-16-25)30-27(34)21-7-11-23(12-8-21)29-26(33)17-36-31-18(2)20-5-9-22(10-6-20)28-19(3)32/h5-16H,4,17H2,1-3H3,(H,28,32)(H,29,33)(H,30,34)/b31-18+. The average molecular weight is 489 g/mol. The second-order valence-corrected chi connectivity index (χ2v) is 7.75. The minimum Gasteiger partial charge on any atom is -0.494 e. The van der Waals surface area contributed by atoms with E-state index in [9.17, 15) is 14.4 Å². The fourth-order valence-corrected chi connectivity index (χ4v) is 3.14. The van der Waals surface area contributed by atoms with Crippen LogP contribution in [0.1, 0.15) is 36.7 Å². The van der Waals surface area contributed by atoms with Gasteiger partial charge in [0.1, 0.15) is 5.75 Å². The zero-order valence-corrected chi connectivity index (χ0v) is 20.3. The second kappa shape index (κ2) is 12.7. The number of amides is 3. The molecular formula is C27H28N4O5. The van der Waals surface area contributed by atoms with Gasteiger partial charge in [-0.15, -0.1) is 0 Å². The molecule has 186 valence electrons. The van der Waals surface area contributed by atoms with E-state index in [1.165, 1.54) is 6.92 Å². The van der Waals surface area contributed by atoms with Crippen molar-refractivity contribution in [3.8, 4) is 5.75 Å². The summed E-state index contributed by atoms with van der Waals surface area (Å²) in [6.07, 6.45) is 0. The molecule has 0 atom stereocenters. The molecule has 3 aromatic carbocycles. The Labute approximate surface area is 209 Å².